The predicted molar refractivity (Wildman–Crippen MR) is 58.6 cm³/mol. The highest BCUT2D eigenvalue weighted by molar-refractivity contribution is 8.00. The van der Waals surface area contributed by atoms with E-state index in [1.807, 2.05) is 6.92 Å². The van der Waals surface area contributed by atoms with Gasteiger partial charge in [0.15, 0.2) is 0 Å². The second-order valence-corrected chi connectivity index (χ2v) is 4.72. The fourth-order valence-corrected chi connectivity index (χ4v) is 2.29. The summed E-state index contributed by atoms with van der Waals surface area (Å²) >= 11 is 1.43. The summed E-state index contributed by atoms with van der Waals surface area (Å²) in [5.41, 5.74) is 0. The van der Waals surface area contributed by atoms with Crippen LogP contribution in [0.15, 0.2) is 0 Å². The van der Waals surface area contributed by atoms with E-state index < -0.39 is 12.1 Å². The van der Waals surface area contributed by atoms with Gasteiger partial charge in [-0.15, -0.1) is 11.8 Å². The van der Waals surface area contributed by atoms with Crippen molar-refractivity contribution in [3.05, 3.63) is 0 Å². The van der Waals surface area contributed by atoms with Gasteiger partial charge in [-0.05, 0) is 31.9 Å². The van der Waals surface area contributed by atoms with Crippen LogP contribution in [0.25, 0.3) is 0 Å². The van der Waals surface area contributed by atoms with Crippen molar-refractivity contribution in [1.29, 1.82) is 0 Å². The minimum absolute atomic E-state index is 0.310. The third-order valence-corrected chi connectivity index (χ3v) is 3.26. The summed E-state index contributed by atoms with van der Waals surface area (Å²) in [4.78, 5) is 10.7. The average Bonchev–Trinajstić information content (AvgIpc) is 2.09. The zero-order valence-corrected chi connectivity index (χ0v) is 9.65. The summed E-state index contributed by atoms with van der Waals surface area (Å²) in [5.74, 6) is -0.00394. The standard InChI is InChI=1S/C10H19FO2S/c1-3-5-9(10(12)13)14-7-4-6-8(2)11/h8-9H,3-7H2,1-2H3,(H,12,13). The van der Waals surface area contributed by atoms with E-state index in [9.17, 15) is 9.18 Å². The Morgan fingerprint density at radius 1 is 1.50 bits per heavy atom. The first-order valence-corrected chi connectivity index (χ1v) is 6.11. The highest BCUT2D eigenvalue weighted by atomic mass is 32.2. The summed E-state index contributed by atoms with van der Waals surface area (Å²) in [6, 6.07) is 0. The molecule has 0 aromatic rings. The SMILES string of the molecule is CCCC(SCCCC(C)F)C(=O)O. The molecule has 0 amide bonds. The Hall–Kier alpha value is -0.250. The Labute approximate surface area is 89.3 Å². The molecule has 0 spiro atoms. The number of carboxylic acids is 1. The lowest BCUT2D eigenvalue weighted by Crippen LogP contribution is -2.16. The Kier molecular flexibility index (Phi) is 7.95. The normalized spacial score (nSPS) is 15.1. The summed E-state index contributed by atoms with van der Waals surface area (Å²) in [6.45, 7) is 3.51. The first kappa shape index (κ1) is 13.8. The molecule has 0 saturated heterocycles. The molecular formula is C10H19FO2S. The van der Waals surface area contributed by atoms with Crippen LogP contribution in [0, 0.1) is 0 Å². The van der Waals surface area contributed by atoms with E-state index in [0.29, 0.717) is 12.8 Å². The molecule has 0 bridgehead atoms. The molecule has 4 heteroatoms. The van der Waals surface area contributed by atoms with Gasteiger partial charge in [0.25, 0.3) is 0 Å². The number of hydrogen-bond acceptors (Lipinski definition) is 2. The molecule has 2 nitrogen and oxygen atoms in total. The number of aliphatic carboxylic acids is 1. The number of carboxylic acid groups (broad SMARTS) is 1. The molecule has 1 N–H and O–H groups in total. The minimum Gasteiger partial charge on any atom is -0.480 e. The molecule has 0 aliphatic rings. The Morgan fingerprint density at radius 3 is 2.57 bits per heavy atom. The van der Waals surface area contributed by atoms with E-state index in [-0.39, 0.29) is 5.25 Å². The third-order valence-electron chi connectivity index (χ3n) is 1.89. The van der Waals surface area contributed by atoms with Crippen LogP contribution >= 0.6 is 11.8 Å². The Bertz CT molecular complexity index is 162. The third kappa shape index (κ3) is 7.18. The van der Waals surface area contributed by atoms with E-state index in [1.165, 1.54) is 18.7 Å². The van der Waals surface area contributed by atoms with Crippen LogP contribution in [0.1, 0.15) is 39.5 Å². The first-order chi connectivity index (χ1) is 6.57. The second kappa shape index (κ2) is 8.09. The van der Waals surface area contributed by atoms with E-state index >= 15 is 0 Å². The maximum atomic E-state index is 12.4. The van der Waals surface area contributed by atoms with Crippen LogP contribution in [0.4, 0.5) is 4.39 Å². The number of thioether (sulfide) groups is 1. The molecule has 0 aliphatic heterocycles. The van der Waals surface area contributed by atoms with Crippen molar-refractivity contribution in [2.75, 3.05) is 5.75 Å². The molecule has 0 heterocycles. The zero-order valence-electron chi connectivity index (χ0n) is 8.83. The van der Waals surface area contributed by atoms with Crippen molar-refractivity contribution in [2.24, 2.45) is 0 Å². The van der Waals surface area contributed by atoms with Gasteiger partial charge in [-0.1, -0.05) is 13.3 Å². The molecule has 0 radical (unpaired) electrons. The number of carbonyl (C=O) groups is 1. The van der Waals surface area contributed by atoms with Gasteiger partial charge in [0.2, 0.25) is 0 Å². The van der Waals surface area contributed by atoms with Gasteiger partial charge in [-0.25, -0.2) is 4.39 Å². The molecule has 0 aliphatic carbocycles. The van der Waals surface area contributed by atoms with Gasteiger partial charge in [-0.2, -0.15) is 0 Å². The summed E-state index contributed by atoms with van der Waals surface area (Å²) in [5, 5.41) is 8.51. The van der Waals surface area contributed by atoms with Gasteiger partial charge in [0, 0.05) is 0 Å². The summed E-state index contributed by atoms with van der Waals surface area (Å²) in [7, 11) is 0. The van der Waals surface area contributed by atoms with Crippen LogP contribution in [0.5, 0.6) is 0 Å². The van der Waals surface area contributed by atoms with E-state index in [1.54, 1.807) is 0 Å². The Balaban J connectivity index is 3.56. The van der Waals surface area contributed by atoms with Crippen LogP contribution in [0.2, 0.25) is 0 Å². The molecule has 0 rings (SSSR count). The molecule has 0 saturated carbocycles. The van der Waals surface area contributed by atoms with Crippen LogP contribution in [-0.2, 0) is 4.79 Å². The van der Waals surface area contributed by atoms with Crippen molar-refractivity contribution >= 4 is 17.7 Å². The highest BCUT2D eigenvalue weighted by Crippen LogP contribution is 2.18. The largest absolute Gasteiger partial charge is 0.480 e. The number of rotatable bonds is 8. The van der Waals surface area contributed by atoms with Crippen LogP contribution < -0.4 is 0 Å². The maximum absolute atomic E-state index is 12.4. The van der Waals surface area contributed by atoms with Gasteiger partial charge >= 0.3 is 5.97 Å². The van der Waals surface area contributed by atoms with Crippen molar-refractivity contribution in [1.82, 2.24) is 0 Å². The van der Waals surface area contributed by atoms with E-state index in [0.717, 1.165) is 18.6 Å². The van der Waals surface area contributed by atoms with Gasteiger partial charge < -0.3 is 5.11 Å². The molecular weight excluding hydrogens is 203 g/mol. The Morgan fingerprint density at radius 2 is 2.14 bits per heavy atom. The number of hydrogen-bond donors (Lipinski definition) is 1. The molecule has 0 aromatic carbocycles. The van der Waals surface area contributed by atoms with Crippen molar-refractivity contribution < 1.29 is 14.3 Å². The van der Waals surface area contributed by atoms with Gasteiger partial charge in [-0.3, -0.25) is 4.79 Å². The highest BCUT2D eigenvalue weighted by Gasteiger charge is 2.16. The van der Waals surface area contributed by atoms with Crippen molar-refractivity contribution in [2.45, 2.75) is 51.0 Å². The average molecular weight is 222 g/mol. The maximum Gasteiger partial charge on any atom is 0.316 e. The predicted octanol–water partition coefficient (Wildman–Crippen LogP) is 3.11. The zero-order chi connectivity index (χ0) is 11.0. The lowest BCUT2D eigenvalue weighted by atomic mass is 10.2. The molecule has 14 heavy (non-hydrogen) atoms. The quantitative estimate of drug-likeness (QED) is 0.641. The molecule has 0 aromatic heterocycles. The smallest absolute Gasteiger partial charge is 0.316 e. The summed E-state index contributed by atoms with van der Waals surface area (Å²) in [6.07, 6.45) is 2.10. The fraction of sp³-hybridized carbons (Fsp3) is 0.900. The number of halogens is 1. The molecule has 2 unspecified atom stereocenters. The molecule has 84 valence electrons. The molecule has 2 atom stereocenters. The van der Waals surface area contributed by atoms with Crippen molar-refractivity contribution in [3.8, 4) is 0 Å². The second-order valence-electron chi connectivity index (χ2n) is 3.41. The van der Waals surface area contributed by atoms with Gasteiger partial charge in [0.05, 0.1) is 6.17 Å². The van der Waals surface area contributed by atoms with E-state index in [2.05, 4.69) is 0 Å². The van der Waals surface area contributed by atoms with Crippen LogP contribution in [-0.4, -0.2) is 28.3 Å². The fourth-order valence-electron chi connectivity index (χ4n) is 1.13. The topological polar surface area (TPSA) is 37.3 Å². The minimum atomic E-state index is -0.773. The number of alkyl halides is 1. The lowest BCUT2D eigenvalue weighted by molar-refractivity contribution is -0.136. The van der Waals surface area contributed by atoms with Crippen LogP contribution in [0.3, 0.4) is 0 Å². The van der Waals surface area contributed by atoms with E-state index in [4.69, 9.17) is 5.11 Å². The monoisotopic (exact) mass is 222 g/mol. The van der Waals surface area contributed by atoms with Crippen molar-refractivity contribution in [3.63, 3.8) is 0 Å². The van der Waals surface area contributed by atoms with Gasteiger partial charge in [0.1, 0.15) is 5.25 Å². The summed E-state index contributed by atoms with van der Waals surface area (Å²) < 4.78 is 12.4. The lowest BCUT2D eigenvalue weighted by Gasteiger charge is -2.10. The molecule has 0 fully saturated rings. The first-order valence-electron chi connectivity index (χ1n) is 5.06.